The lowest BCUT2D eigenvalue weighted by atomic mass is 10.0. The zero-order chi connectivity index (χ0) is 26.2. The van der Waals surface area contributed by atoms with E-state index in [1.807, 2.05) is 25.7 Å². The topological polar surface area (TPSA) is 97.6 Å². The number of nitrogens with zero attached hydrogens (tertiary/aromatic N) is 6. The van der Waals surface area contributed by atoms with Crippen LogP contribution in [0.5, 0.6) is 0 Å². The van der Waals surface area contributed by atoms with Gasteiger partial charge in [-0.15, -0.1) is 0 Å². The number of alkyl halides is 2. The van der Waals surface area contributed by atoms with Crippen molar-refractivity contribution in [3.8, 4) is 5.82 Å². The highest BCUT2D eigenvalue weighted by Gasteiger charge is 2.33. The van der Waals surface area contributed by atoms with Crippen LogP contribution in [0, 0.1) is 5.92 Å². The molecule has 4 heterocycles. The number of morpholine rings is 1. The largest absolute Gasteiger partial charge is 0.444 e. The molecule has 0 spiro atoms. The molecule has 2 fully saturated rings. The molecule has 0 saturated carbocycles. The monoisotopic (exact) mass is 515 g/mol. The fraction of sp³-hybridized carbons (Fsp3) is 0.520. The Hall–Kier alpha value is -3.54. The van der Waals surface area contributed by atoms with E-state index in [0.717, 1.165) is 0 Å². The van der Waals surface area contributed by atoms with E-state index < -0.39 is 12.0 Å². The first-order valence-corrected chi connectivity index (χ1v) is 12.4. The third-order valence-corrected chi connectivity index (χ3v) is 6.19. The van der Waals surface area contributed by atoms with Crippen molar-refractivity contribution in [1.82, 2.24) is 24.4 Å². The molecule has 37 heavy (non-hydrogen) atoms. The lowest BCUT2D eigenvalue weighted by molar-refractivity contribution is 0.000834. The summed E-state index contributed by atoms with van der Waals surface area (Å²) in [5, 5.41) is 3.32. The second kappa shape index (κ2) is 10.1. The number of nitrogens with one attached hydrogen (secondary N) is 1. The van der Waals surface area contributed by atoms with Crippen LogP contribution in [0.4, 0.5) is 25.3 Å². The number of benzene rings is 1. The van der Waals surface area contributed by atoms with Gasteiger partial charge < -0.3 is 24.6 Å². The van der Waals surface area contributed by atoms with Crippen LogP contribution in [0.25, 0.3) is 16.9 Å². The Morgan fingerprint density at radius 3 is 2.59 bits per heavy atom. The van der Waals surface area contributed by atoms with Crippen molar-refractivity contribution in [2.24, 2.45) is 5.92 Å². The quantitative estimate of drug-likeness (QED) is 0.529. The molecule has 1 N–H and O–H groups in total. The fourth-order valence-corrected chi connectivity index (χ4v) is 4.39. The summed E-state index contributed by atoms with van der Waals surface area (Å²) in [5.74, 6) is 1.10. The number of fused-ring (bicyclic) bond motifs is 1. The van der Waals surface area contributed by atoms with Gasteiger partial charge in [-0.05, 0) is 32.9 Å². The minimum Gasteiger partial charge on any atom is -0.444 e. The van der Waals surface area contributed by atoms with Gasteiger partial charge in [0.1, 0.15) is 17.2 Å². The van der Waals surface area contributed by atoms with Gasteiger partial charge in [0.05, 0.1) is 24.2 Å². The van der Waals surface area contributed by atoms with Gasteiger partial charge in [0.15, 0.2) is 5.82 Å². The van der Waals surface area contributed by atoms with Crippen LogP contribution in [0.15, 0.2) is 30.3 Å². The summed E-state index contributed by atoms with van der Waals surface area (Å²) in [5.41, 5.74) is 0.473. The van der Waals surface area contributed by atoms with Gasteiger partial charge in [-0.3, -0.25) is 4.57 Å². The molecule has 0 aliphatic carbocycles. The molecule has 1 aromatic carbocycles. The Morgan fingerprint density at radius 1 is 1.16 bits per heavy atom. The minimum atomic E-state index is -2.78. The molecule has 198 valence electrons. The van der Waals surface area contributed by atoms with Crippen LogP contribution in [0.1, 0.15) is 33.0 Å². The number of rotatable bonds is 6. The maximum absolute atomic E-state index is 14.0. The number of imidazole rings is 1. The lowest BCUT2D eigenvalue weighted by Crippen LogP contribution is -2.53. The van der Waals surface area contributed by atoms with Crippen LogP contribution in [0.2, 0.25) is 0 Å². The number of hydrogen-bond donors (Lipinski definition) is 1. The van der Waals surface area contributed by atoms with E-state index >= 15 is 0 Å². The van der Waals surface area contributed by atoms with Crippen molar-refractivity contribution in [1.29, 1.82) is 0 Å². The van der Waals surface area contributed by atoms with Crippen molar-refractivity contribution in [3.63, 3.8) is 0 Å². The summed E-state index contributed by atoms with van der Waals surface area (Å²) in [6.45, 7) is 9.48. The smallest absolute Gasteiger partial charge is 0.410 e. The normalized spacial score (nSPS) is 16.8. The molecule has 0 atom stereocenters. The number of halogens is 2. The van der Waals surface area contributed by atoms with Crippen LogP contribution in [-0.2, 0) is 9.47 Å². The molecule has 10 nitrogen and oxygen atoms in total. The molecule has 5 rings (SSSR count). The van der Waals surface area contributed by atoms with E-state index in [2.05, 4.69) is 20.3 Å². The predicted molar refractivity (Wildman–Crippen MR) is 134 cm³/mol. The number of hydrogen-bond acceptors (Lipinski definition) is 8. The van der Waals surface area contributed by atoms with E-state index in [9.17, 15) is 13.6 Å². The molecule has 1 amide bonds. The number of para-hydroxylation sites is 2. The van der Waals surface area contributed by atoms with Crippen LogP contribution < -0.4 is 10.2 Å². The maximum Gasteiger partial charge on any atom is 0.410 e. The van der Waals surface area contributed by atoms with Crippen molar-refractivity contribution in [2.45, 2.75) is 32.8 Å². The number of ether oxygens (including phenoxy) is 2. The number of carbonyl (C=O) groups excluding carboxylic acids is 1. The zero-order valence-electron chi connectivity index (χ0n) is 21.2. The summed E-state index contributed by atoms with van der Waals surface area (Å²) in [7, 11) is 0. The third-order valence-electron chi connectivity index (χ3n) is 6.19. The first-order chi connectivity index (χ1) is 17.7. The number of anilines is 2. The molecule has 2 aromatic heterocycles. The summed E-state index contributed by atoms with van der Waals surface area (Å²) >= 11 is 0. The number of likely N-dealkylation sites (tertiary alicyclic amines) is 1. The standard InChI is InChI=1S/C25H31F2N7O3/c1-25(2,3)37-24(35)33-14-16(15-33)13-28-19-12-20(31-23(30-19)32-8-10-36-11-9-32)34-18-7-5-4-6-17(18)29-22(34)21(26)27/h4-7,12,16,21H,8-11,13-15H2,1-3H3,(H,28,30,31). The van der Waals surface area contributed by atoms with Crippen LogP contribution in [0.3, 0.4) is 0 Å². The van der Waals surface area contributed by atoms with Gasteiger partial charge in [-0.25, -0.2) is 18.6 Å². The Labute approximate surface area is 213 Å². The highest BCUT2D eigenvalue weighted by Crippen LogP contribution is 2.29. The maximum atomic E-state index is 14.0. The molecule has 12 heteroatoms. The summed E-state index contributed by atoms with van der Waals surface area (Å²) in [6, 6.07) is 8.66. The summed E-state index contributed by atoms with van der Waals surface area (Å²) < 4.78 is 40.3. The molecule has 0 bridgehead atoms. The van der Waals surface area contributed by atoms with E-state index in [1.54, 1.807) is 35.2 Å². The Balaban J connectivity index is 1.39. The molecule has 0 radical (unpaired) electrons. The number of carbonyl (C=O) groups is 1. The minimum absolute atomic E-state index is 0.212. The number of amides is 1. The molecule has 3 aromatic rings. The second-order valence-electron chi connectivity index (χ2n) is 10.2. The van der Waals surface area contributed by atoms with Gasteiger partial charge in [-0.1, -0.05) is 12.1 Å². The SMILES string of the molecule is CC(C)(C)OC(=O)N1CC(CNc2cc(-n3c(C(F)F)nc4ccccc43)nc(N3CCOCC3)n2)C1. The number of aromatic nitrogens is 4. The Bertz CT molecular complexity index is 1260. The molecule has 2 saturated heterocycles. The van der Waals surface area contributed by atoms with Crippen LogP contribution >= 0.6 is 0 Å². The van der Waals surface area contributed by atoms with Crippen LogP contribution in [-0.4, -0.2) is 82.1 Å². The second-order valence-corrected chi connectivity index (χ2v) is 10.2. The van der Waals surface area contributed by atoms with E-state index in [1.165, 1.54) is 4.57 Å². The molecule has 2 aliphatic heterocycles. The van der Waals surface area contributed by atoms with Crippen molar-refractivity contribution in [2.75, 3.05) is 56.2 Å². The van der Waals surface area contributed by atoms with Crippen molar-refractivity contribution in [3.05, 3.63) is 36.2 Å². The molecular weight excluding hydrogens is 484 g/mol. The molecular formula is C25H31F2N7O3. The third kappa shape index (κ3) is 5.58. The van der Waals surface area contributed by atoms with Gasteiger partial charge in [0, 0.05) is 44.7 Å². The van der Waals surface area contributed by atoms with Gasteiger partial charge in [-0.2, -0.15) is 9.97 Å². The van der Waals surface area contributed by atoms with Gasteiger partial charge >= 0.3 is 6.09 Å². The van der Waals surface area contributed by atoms with E-state index in [4.69, 9.17) is 9.47 Å². The zero-order valence-corrected chi connectivity index (χ0v) is 21.2. The van der Waals surface area contributed by atoms with Crippen molar-refractivity contribution >= 4 is 28.9 Å². The summed E-state index contributed by atoms with van der Waals surface area (Å²) in [4.78, 5) is 29.4. The van der Waals surface area contributed by atoms with Gasteiger partial charge in [0.25, 0.3) is 6.43 Å². The van der Waals surface area contributed by atoms with E-state index in [0.29, 0.717) is 74.6 Å². The molecule has 2 aliphatic rings. The lowest BCUT2D eigenvalue weighted by Gasteiger charge is -2.39. The Kier molecular flexibility index (Phi) is 6.84. The summed E-state index contributed by atoms with van der Waals surface area (Å²) in [6.07, 6.45) is -3.10. The first kappa shape index (κ1) is 25.1. The molecule has 0 unspecified atom stereocenters. The Morgan fingerprint density at radius 2 is 1.89 bits per heavy atom. The first-order valence-electron chi connectivity index (χ1n) is 12.4. The van der Waals surface area contributed by atoms with Gasteiger partial charge in [0.2, 0.25) is 5.95 Å². The average molecular weight is 516 g/mol. The van der Waals surface area contributed by atoms with Crippen molar-refractivity contribution < 1.29 is 23.0 Å². The fourth-order valence-electron chi connectivity index (χ4n) is 4.39. The highest BCUT2D eigenvalue weighted by molar-refractivity contribution is 5.78. The average Bonchev–Trinajstić information content (AvgIpc) is 3.22. The highest BCUT2D eigenvalue weighted by atomic mass is 19.3. The predicted octanol–water partition coefficient (Wildman–Crippen LogP) is 3.87. The van der Waals surface area contributed by atoms with E-state index in [-0.39, 0.29) is 17.8 Å².